The van der Waals surface area contributed by atoms with E-state index in [2.05, 4.69) is 0 Å². The van der Waals surface area contributed by atoms with Crippen molar-refractivity contribution in [2.24, 2.45) is 10.8 Å². The van der Waals surface area contributed by atoms with Crippen LogP contribution >= 0.6 is 0 Å². The molecule has 2 rings (SSSR count). The predicted molar refractivity (Wildman–Crippen MR) is 132 cm³/mol. The summed E-state index contributed by atoms with van der Waals surface area (Å²) in [6.07, 6.45) is 8.66. The van der Waals surface area contributed by atoms with Crippen LogP contribution in [-0.4, -0.2) is 34.5 Å². The maximum absolute atomic E-state index is 13.0. The number of hydrogen-bond acceptors (Lipinski definition) is 5. The SMILES string of the molecule is COc1cc(C)c(O)c(C/C=C(\C)CC(=O)C[C@@]2(C)CCC[C@@]2(C)C(=O)/C=C/C(C)(C)O)c1. The molecule has 1 aliphatic carbocycles. The van der Waals surface area contributed by atoms with Crippen molar-refractivity contribution in [2.75, 3.05) is 7.11 Å². The van der Waals surface area contributed by atoms with E-state index in [9.17, 15) is 19.8 Å². The highest BCUT2D eigenvalue weighted by Gasteiger charge is 2.52. The molecule has 0 unspecified atom stereocenters. The molecule has 0 spiro atoms. The Morgan fingerprint density at radius 1 is 1.21 bits per heavy atom. The summed E-state index contributed by atoms with van der Waals surface area (Å²) < 4.78 is 5.29. The molecule has 2 N–H and O–H groups in total. The van der Waals surface area contributed by atoms with Gasteiger partial charge in [-0.15, -0.1) is 0 Å². The zero-order valence-electron chi connectivity index (χ0n) is 21.2. The van der Waals surface area contributed by atoms with E-state index in [0.29, 0.717) is 25.0 Å². The van der Waals surface area contributed by atoms with E-state index in [1.165, 1.54) is 12.2 Å². The number of hydrogen-bond donors (Lipinski definition) is 2. The molecule has 5 heteroatoms. The summed E-state index contributed by atoms with van der Waals surface area (Å²) in [4.78, 5) is 26.0. The predicted octanol–water partition coefficient (Wildman–Crippen LogP) is 5.64. The van der Waals surface area contributed by atoms with Gasteiger partial charge in [-0.25, -0.2) is 0 Å². The number of carbonyl (C=O) groups excluding carboxylic acids is 2. The first-order valence-electron chi connectivity index (χ1n) is 11.7. The molecule has 0 radical (unpaired) electrons. The molecule has 5 nitrogen and oxygen atoms in total. The smallest absolute Gasteiger partial charge is 0.161 e. The topological polar surface area (TPSA) is 83.8 Å². The number of rotatable bonds is 10. The van der Waals surface area contributed by atoms with Crippen LogP contribution in [0.15, 0.2) is 35.9 Å². The number of aliphatic hydroxyl groups is 1. The van der Waals surface area contributed by atoms with Crippen LogP contribution in [-0.2, 0) is 16.0 Å². The minimum atomic E-state index is -1.05. The number of phenolic OH excluding ortho intramolecular Hbond substituents is 1. The number of ketones is 2. The molecule has 182 valence electrons. The second kappa shape index (κ2) is 10.3. The van der Waals surface area contributed by atoms with E-state index < -0.39 is 16.4 Å². The first-order valence-corrected chi connectivity index (χ1v) is 11.7. The van der Waals surface area contributed by atoms with Crippen molar-refractivity contribution in [1.82, 2.24) is 0 Å². The molecule has 1 fully saturated rings. The number of aryl methyl sites for hydroxylation is 1. The van der Waals surface area contributed by atoms with Gasteiger partial charge in [0.05, 0.1) is 12.7 Å². The fourth-order valence-electron chi connectivity index (χ4n) is 4.83. The second-order valence-electron chi connectivity index (χ2n) is 10.7. The molecule has 2 atom stereocenters. The summed E-state index contributed by atoms with van der Waals surface area (Å²) in [6, 6.07) is 3.60. The van der Waals surface area contributed by atoms with Crippen molar-refractivity contribution in [1.29, 1.82) is 0 Å². The normalized spacial score (nSPS) is 23.8. The average Bonchev–Trinajstić information content (AvgIpc) is 3.01. The van der Waals surface area contributed by atoms with Gasteiger partial charge in [0.1, 0.15) is 17.3 Å². The highest BCUT2D eigenvalue weighted by Crippen LogP contribution is 2.55. The minimum Gasteiger partial charge on any atom is -0.507 e. The van der Waals surface area contributed by atoms with E-state index in [4.69, 9.17) is 4.74 Å². The summed E-state index contributed by atoms with van der Waals surface area (Å²) in [5, 5.41) is 20.3. The molecule has 33 heavy (non-hydrogen) atoms. The lowest BCUT2D eigenvalue weighted by Crippen LogP contribution is -2.40. The zero-order valence-corrected chi connectivity index (χ0v) is 21.2. The number of benzene rings is 1. The maximum Gasteiger partial charge on any atom is 0.161 e. The summed E-state index contributed by atoms with van der Waals surface area (Å²) in [5.74, 6) is 1.04. The monoisotopic (exact) mass is 456 g/mol. The molecule has 0 saturated heterocycles. The molecular weight excluding hydrogens is 416 g/mol. The zero-order chi connectivity index (χ0) is 25.0. The number of phenols is 1. The lowest BCUT2D eigenvalue weighted by Gasteiger charge is -2.39. The first-order chi connectivity index (χ1) is 15.2. The lowest BCUT2D eigenvalue weighted by molar-refractivity contribution is -0.131. The van der Waals surface area contributed by atoms with Crippen LogP contribution in [0.4, 0.5) is 0 Å². The van der Waals surface area contributed by atoms with Gasteiger partial charge in [0.15, 0.2) is 5.78 Å². The standard InChI is InChI=1S/C28H40O5/c1-19(9-10-21-17-23(33-7)16-20(2)25(21)31)15-22(29)18-27(5)12-8-13-28(27,6)24(30)11-14-26(3,4)32/h9,11,14,16-17,31-32H,8,10,12-13,15,18H2,1-7H3/b14-11+,19-9+/t27-,28+/m1/s1. The molecule has 1 aromatic rings. The van der Waals surface area contributed by atoms with Crippen LogP contribution in [0.1, 0.15) is 77.8 Å². The lowest BCUT2D eigenvalue weighted by atomic mass is 9.63. The third-order valence-corrected chi connectivity index (χ3v) is 7.25. The van der Waals surface area contributed by atoms with Crippen molar-refractivity contribution in [3.8, 4) is 11.5 Å². The quantitative estimate of drug-likeness (QED) is 0.352. The van der Waals surface area contributed by atoms with Crippen molar-refractivity contribution in [2.45, 2.75) is 85.7 Å². The fraction of sp³-hybridized carbons (Fsp3) is 0.571. The molecule has 0 bridgehead atoms. The fourth-order valence-corrected chi connectivity index (χ4v) is 4.83. The first kappa shape index (κ1) is 26.8. The van der Waals surface area contributed by atoms with Crippen LogP contribution in [0.5, 0.6) is 11.5 Å². The van der Waals surface area contributed by atoms with Gasteiger partial charge < -0.3 is 14.9 Å². The van der Waals surface area contributed by atoms with E-state index in [0.717, 1.165) is 36.0 Å². The summed E-state index contributed by atoms with van der Waals surface area (Å²) in [7, 11) is 1.60. The third kappa shape index (κ3) is 6.57. The van der Waals surface area contributed by atoms with Crippen molar-refractivity contribution < 1.29 is 24.5 Å². The second-order valence-corrected chi connectivity index (χ2v) is 10.7. The Morgan fingerprint density at radius 2 is 1.88 bits per heavy atom. The summed E-state index contributed by atoms with van der Waals surface area (Å²) >= 11 is 0. The number of aromatic hydroxyl groups is 1. The largest absolute Gasteiger partial charge is 0.507 e. The molecular formula is C28H40O5. The van der Waals surface area contributed by atoms with Crippen molar-refractivity contribution in [3.63, 3.8) is 0 Å². The average molecular weight is 457 g/mol. The van der Waals surface area contributed by atoms with Gasteiger partial charge in [0.25, 0.3) is 0 Å². The molecule has 0 aromatic heterocycles. The van der Waals surface area contributed by atoms with Crippen molar-refractivity contribution in [3.05, 3.63) is 47.1 Å². The van der Waals surface area contributed by atoms with E-state index >= 15 is 0 Å². The van der Waals surface area contributed by atoms with Gasteiger partial charge >= 0.3 is 0 Å². The van der Waals surface area contributed by atoms with Gasteiger partial charge in [-0.3, -0.25) is 9.59 Å². The van der Waals surface area contributed by atoms with Gasteiger partial charge in [-0.1, -0.05) is 38.0 Å². The van der Waals surface area contributed by atoms with Gasteiger partial charge in [0.2, 0.25) is 0 Å². The highest BCUT2D eigenvalue weighted by atomic mass is 16.5. The number of Topliss-reactive ketones (excluding diaryl/α,β-unsaturated/α-hetero) is 1. The molecule has 0 amide bonds. The van der Waals surface area contributed by atoms with E-state index in [-0.39, 0.29) is 17.3 Å². The molecule has 0 heterocycles. The van der Waals surface area contributed by atoms with Crippen LogP contribution in [0.3, 0.4) is 0 Å². The Balaban J connectivity index is 2.09. The highest BCUT2D eigenvalue weighted by molar-refractivity contribution is 5.96. The number of carbonyl (C=O) groups is 2. The number of ether oxygens (including phenoxy) is 1. The van der Waals surface area contributed by atoms with E-state index in [1.807, 2.05) is 39.8 Å². The molecule has 0 aliphatic heterocycles. The summed E-state index contributed by atoms with van der Waals surface area (Å²) in [5.41, 5.74) is 0.381. The van der Waals surface area contributed by atoms with E-state index in [1.54, 1.807) is 27.0 Å². The van der Waals surface area contributed by atoms with Gasteiger partial charge in [-0.05, 0) is 76.1 Å². The number of allylic oxidation sites excluding steroid dienone is 3. The van der Waals surface area contributed by atoms with Crippen LogP contribution in [0, 0.1) is 17.8 Å². The van der Waals surface area contributed by atoms with Gasteiger partial charge in [-0.2, -0.15) is 0 Å². The van der Waals surface area contributed by atoms with Gasteiger partial charge in [0, 0.05) is 23.8 Å². The number of methoxy groups -OCH3 is 1. The van der Waals surface area contributed by atoms with Crippen molar-refractivity contribution >= 4 is 11.6 Å². The Hall–Kier alpha value is -2.40. The Morgan fingerprint density at radius 3 is 2.48 bits per heavy atom. The Bertz CT molecular complexity index is 950. The molecule has 1 aliphatic rings. The Labute approximate surface area is 198 Å². The molecule has 1 saturated carbocycles. The minimum absolute atomic E-state index is 0.0199. The molecule has 1 aromatic carbocycles. The van der Waals surface area contributed by atoms with Crippen LogP contribution in [0.2, 0.25) is 0 Å². The van der Waals surface area contributed by atoms with Crippen LogP contribution < -0.4 is 4.74 Å². The maximum atomic E-state index is 13.0. The van der Waals surface area contributed by atoms with Crippen LogP contribution in [0.25, 0.3) is 0 Å². The summed E-state index contributed by atoms with van der Waals surface area (Å²) in [6.45, 7) is 11.0. The third-order valence-electron chi connectivity index (χ3n) is 7.25. The Kier molecular flexibility index (Phi) is 8.34.